The van der Waals surface area contributed by atoms with Gasteiger partial charge in [-0.15, -0.1) is 0 Å². The highest BCUT2D eigenvalue weighted by atomic mass is 16.4. The molecular formula is C12H16N4O2. The molecule has 1 aromatic carbocycles. The van der Waals surface area contributed by atoms with E-state index >= 15 is 0 Å². The lowest BCUT2D eigenvalue weighted by molar-refractivity contribution is -0.138. The van der Waals surface area contributed by atoms with Crippen LogP contribution in [0, 0.1) is 0 Å². The molecule has 96 valence electrons. The van der Waals surface area contributed by atoms with Crippen molar-refractivity contribution in [1.29, 1.82) is 0 Å². The first-order valence-electron chi connectivity index (χ1n) is 5.59. The summed E-state index contributed by atoms with van der Waals surface area (Å²) >= 11 is 0. The lowest BCUT2D eigenvalue weighted by Gasteiger charge is -2.21. The number of likely N-dealkylation sites (N-methyl/N-ethyl adjacent to an activating group) is 1. The Morgan fingerprint density at radius 2 is 2.33 bits per heavy atom. The van der Waals surface area contributed by atoms with Gasteiger partial charge in [0.1, 0.15) is 6.04 Å². The number of nitrogens with zero attached hydrogens (tertiary/aromatic N) is 3. The lowest BCUT2D eigenvalue weighted by Crippen LogP contribution is -2.41. The summed E-state index contributed by atoms with van der Waals surface area (Å²) in [4.78, 5) is 16.8. The van der Waals surface area contributed by atoms with Crippen LogP contribution in [0.3, 0.4) is 0 Å². The molecule has 1 heterocycles. The van der Waals surface area contributed by atoms with Gasteiger partial charge in [-0.2, -0.15) is 0 Å². The van der Waals surface area contributed by atoms with Gasteiger partial charge in [0.2, 0.25) is 0 Å². The van der Waals surface area contributed by atoms with Crippen molar-refractivity contribution in [3.8, 4) is 0 Å². The standard InChI is InChI=1S/C12H16N4O2/c1-15(6-9(13)12(17)18)8-3-4-11-10(5-8)14-7-16(11)2/h3-5,7,9H,6,13H2,1-2H3,(H,17,18). The first kappa shape index (κ1) is 12.4. The summed E-state index contributed by atoms with van der Waals surface area (Å²) < 4.78 is 1.93. The van der Waals surface area contributed by atoms with Crippen LogP contribution in [0.1, 0.15) is 0 Å². The molecule has 0 saturated heterocycles. The van der Waals surface area contributed by atoms with Gasteiger partial charge in [-0.1, -0.05) is 0 Å². The molecule has 0 aliphatic carbocycles. The van der Waals surface area contributed by atoms with Crippen LogP contribution in [0.2, 0.25) is 0 Å². The monoisotopic (exact) mass is 248 g/mol. The molecule has 2 aromatic rings. The van der Waals surface area contributed by atoms with E-state index in [1.165, 1.54) is 0 Å². The molecule has 1 aromatic heterocycles. The Balaban J connectivity index is 2.22. The minimum absolute atomic E-state index is 0.258. The number of carbonyl (C=O) groups is 1. The zero-order valence-electron chi connectivity index (χ0n) is 10.4. The Morgan fingerprint density at radius 1 is 1.61 bits per heavy atom. The number of carboxylic acids is 1. The molecule has 18 heavy (non-hydrogen) atoms. The number of nitrogens with two attached hydrogens (primary N) is 1. The van der Waals surface area contributed by atoms with Crippen molar-refractivity contribution in [3.63, 3.8) is 0 Å². The largest absolute Gasteiger partial charge is 0.480 e. The van der Waals surface area contributed by atoms with Gasteiger partial charge in [0.25, 0.3) is 0 Å². The number of anilines is 1. The molecular weight excluding hydrogens is 232 g/mol. The van der Waals surface area contributed by atoms with Crippen LogP contribution in [0.5, 0.6) is 0 Å². The number of hydrogen-bond acceptors (Lipinski definition) is 4. The smallest absolute Gasteiger partial charge is 0.322 e. The normalized spacial score (nSPS) is 12.6. The maximum atomic E-state index is 10.7. The molecule has 0 saturated carbocycles. The number of rotatable bonds is 4. The zero-order chi connectivity index (χ0) is 13.3. The highest BCUT2D eigenvalue weighted by Crippen LogP contribution is 2.20. The van der Waals surface area contributed by atoms with Crippen LogP contribution in [-0.4, -0.2) is 40.3 Å². The topological polar surface area (TPSA) is 84.4 Å². The van der Waals surface area contributed by atoms with Crippen LogP contribution in [0.4, 0.5) is 5.69 Å². The van der Waals surface area contributed by atoms with Gasteiger partial charge >= 0.3 is 5.97 Å². The molecule has 0 radical (unpaired) electrons. The number of benzene rings is 1. The quantitative estimate of drug-likeness (QED) is 0.819. The lowest BCUT2D eigenvalue weighted by atomic mass is 10.2. The average molecular weight is 248 g/mol. The van der Waals surface area contributed by atoms with Gasteiger partial charge in [-0.25, -0.2) is 4.98 Å². The summed E-state index contributed by atoms with van der Waals surface area (Å²) in [6.07, 6.45) is 1.75. The van der Waals surface area contributed by atoms with E-state index in [9.17, 15) is 4.79 Å². The van der Waals surface area contributed by atoms with Crippen molar-refractivity contribution in [2.24, 2.45) is 12.8 Å². The van der Waals surface area contributed by atoms with E-state index in [4.69, 9.17) is 10.8 Å². The summed E-state index contributed by atoms with van der Waals surface area (Å²) in [6, 6.07) is 4.91. The Kier molecular flexibility index (Phi) is 3.20. The third-order valence-electron chi connectivity index (χ3n) is 2.94. The predicted octanol–water partition coefficient (Wildman–Crippen LogP) is 0.421. The van der Waals surface area contributed by atoms with E-state index in [-0.39, 0.29) is 6.54 Å². The maximum Gasteiger partial charge on any atom is 0.322 e. The van der Waals surface area contributed by atoms with E-state index in [1.54, 1.807) is 6.33 Å². The number of aromatic nitrogens is 2. The van der Waals surface area contributed by atoms with Gasteiger partial charge in [0.05, 0.1) is 17.4 Å². The number of aryl methyl sites for hydroxylation is 1. The highest BCUT2D eigenvalue weighted by molar-refractivity contribution is 5.80. The third-order valence-corrected chi connectivity index (χ3v) is 2.94. The van der Waals surface area contributed by atoms with Gasteiger partial charge in [-0.05, 0) is 18.2 Å². The van der Waals surface area contributed by atoms with E-state index in [0.717, 1.165) is 16.7 Å². The number of imidazole rings is 1. The Hall–Kier alpha value is -2.08. The summed E-state index contributed by atoms with van der Waals surface area (Å²) in [5.41, 5.74) is 8.33. The molecule has 3 N–H and O–H groups in total. The molecule has 1 unspecified atom stereocenters. The van der Waals surface area contributed by atoms with Gasteiger partial charge in [0, 0.05) is 26.3 Å². The van der Waals surface area contributed by atoms with E-state index in [0.29, 0.717) is 0 Å². The maximum absolute atomic E-state index is 10.7. The average Bonchev–Trinajstić information content (AvgIpc) is 2.70. The fourth-order valence-electron chi connectivity index (χ4n) is 1.84. The van der Waals surface area contributed by atoms with Crippen LogP contribution >= 0.6 is 0 Å². The first-order chi connectivity index (χ1) is 8.49. The predicted molar refractivity (Wildman–Crippen MR) is 69.6 cm³/mol. The third kappa shape index (κ3) is 2.28. The van der Waals surface area contributed by atoms with E-state index in [1.807, 2.05) is 41.8 Å². The zero-order valence-corrected chi connectivity index (χ0v) is 10.4. The van der Waals surface area contributed by atoms with Crippen molar-refractivity contribution < 1.29 is 9.90 Å². The summed E-state index contributed by atoms with van der Waals surface area (Å²) in [6.45, 7) is 0.258. The second kappa shape index (κ2) is 4.66. The van der Waals surface area contributed by atoms with Crippen LogP contribution < -0.4 is 10.6 Å². The minimum Gasteiger partial charge on any atom is -0.480 e. The molecule has 0 amide bonds. The molecule has 6 nitrogen and oxygen atoms in total. The molecule has 0 fully saturated rings. The van der Waals surface area contributed by atoms with E-state index in [2.05, 4.69) is 4.98 Å². The van der Waals surface area contributed by atoms with Crippen molar-refractivity contribution in [2.75, 3.05) is 18.5 Å². The highest BCUT2D eigenvalue weighted by Gasteiger charge is 2.14. The van der Waals surface area contributed by atoms with Crippen LogP contribution in [0.25, 0.3) is 11.0 Å². The second-order valence-electron chi connectivity index (χ2n) is 4.35. The second-order valence-corrected chi connectivity index (χ2v) is 4.35. The SMILES string of the molecule is CN(CC(N)C(=O)O)c1ccc2c(c1)ncn2C. The van der Waals surface area contributed by atoms with Crippen molar-refractivity contribution >= 4 is 22.7 Å². The molecule has 2 rings (SSSR count). The Bertz CT molecular complexity index is 578. The van der Waals surface area contributed by atoms with Gasteiger partial charge in [-0.3, -0.25) is 4.79 Å². The van der Waals surface area contributed by atoms with Crippen LogP contribution in [-0.2, 0) is 11.8 Å². The fraction of sp³-hybridized carbons (Fsp3) is 0.333. The van der Waals surface area contributed by atoms with Crippen molar-refractivity contribution in [2.45, 2.75) is 6.04 Å². The number of fused-ring (bicyclic) bond motifs is 1. The molecule has 6 heteroatoms. The summed E-state index contributed by atoms with van der Waals surface area (Å²) in [7, 11) is 3.74. The Labute approximate surface area is 105 Å². The van der Waals surface area contributed by atoms with Crippen molar-refractivity contribution in [1.82, 2.24) is 9.55 Å². The first-order valence-corrected chi connectivity index (χ1v) is 5.59. The molecule has 1 atom stereocenters. The van der Waals surface area contributed by atoms with Gasteiger partial charge in [0.15, 0.2) is 0 Å². The summed E-state index contributed by atoms with van der Waals surface area (Å²) in [5, 5.41) is 8.79. The molecule has 0 aliphatic heterocycles. The summed E-state index contributed by atoms with van der Waals surface area (Å²) in [5.74, 6) is -0.999. The van der Waals surface area contributed by atoms with E-state index < -0.39 is 12.0 Å². The number of carboxylic acid groups (broad SMARTS) is 1. The Morgan fingerprint density at radius 3 is 3.00 bits per heavy atom. The van der Waals surface area contributed by atoms with Crippen LogP contribution in [0.15, 0.2) is 24.5 Å². The van der Waals surface area contributed by atoms with Gasteiger partial charge < -0.3 is 20.3 Å². The van der Waals surface area contributed by atoms with Crippen molar-refractivity contribution in [3.05, 3.63) is 24.5 Å². The molecule has 0 aliphatic rings. The molecule has 0 bridgehead atoms. The number of aliphatic carboxylic acids is 1. The molecule has 0 spiro atoms. The fourth-order valence-corrected chi connectivity index (χ4v) is 1.84. The minimum atomic E-state index is -0.999. The number of hydrogen-bond donors (Lipinski definition) is 2.